The Kier molecular flexibility index (Phi) is 6.06. The summed E-state index contributed by atoms with van der Waals surface area (Å²) in [6, 6.07) is 10.4. The molecule has 30 heavy (non-hydrogen) atoms. The molecule has 1 amide bonds. The van der Waals surface area contributed by atoms with Crippen molar-refractivity contribution in [2.75, 3.05) is 23.4 Å². The molecule has 0 radical (unpaired) electrons. The highest BCUT2D eigenvalue weighted by Crippen LogP contribution is 2.29. The summed E-state index contributed by atoms with van der Waals surface area (Å²) in [6.07, 6.45) is 2.98. The van der Waals surface area contributed by atoms with Crippen molar-refractivity contribution in [3.05, 3.63) is 65.7 Å². The molecule has 1 heterocycles. The second kappa shape index (κ2) is 8.54. The summed E-state index contributed by atoms with van der Waals surface area (Å²) in [7, 11) is -2.12. The van der Waals surface area contributed by atoms with Gasteiger partial charge in [-0.05, 0) is 48.9 Å². The van der Waals surface area contributed by atoms with Crippen LogP contribution in [0.2, 0.25) is 0 Å². The molecular formula is C20H21FN4O4S. The lowest BCUT2D eigenvalue weighted by molar-refractivity contribution is 0.102. The fraction of sp³-hybridized carbons (Fsp3) is 0.200. The molecule has 0 aliphatic rings. The molecule has 0 saturated heterocycles. The number of hydrogen-bond donors (Lipinski definition) is 2. The van der Waals surface area contributed by atoms with Gasteiger partial charge in [-0.1, -0.05) is 6.92 Å². The molecule has 0 aliphatic carbocycles. The van der Waals surface area contributed by atoms with Crippen LogP contribution in [0.5, 0.6) is 5.75 Å². The summed E-state index contributed by atoms with van der Waals surface area (Å²) in [5.41, 5.74) is 2.23. The van der Waals surface area contributed by atoms with Crippen molar-refractivity contribution >= 4 is 27.3 Å². The molecule has 10 heteroatoms. The van der Waals surface area contributed by atoms with Gasteiger partial charge in [0, 0.05) is 5.69 Å². The number of anilines is 2. The molecule has 8 nitrogen and oxygen atoms in total. The lowest BCUT2D eigenvalue weighted by Gasteiger charge is -2.13. The van der Waals surface area contributed by atoms with Gasteiger partial charge in [-0.25, -0.2) is 17.5 Å². The number of hydrogen-bond acceptors (Lipinski definition) is 5. The minimum absolute atomic E-state index is 0.204. The molecule has 0 unspecified atom stereocenters. The highest BCUT2D eigenvalue weighted by atomic mass is 32.2. The van der Waals surface area contributed by atoms with Crippen LogP contribution >= 0.6 is 0 Å². The van der Waals surface area contributed by atoms with Gasteiger partial charge in [0.05, 0.1) is 42.2 Å². The van der Waals surface area contributed by atoms with Gasteiger partial charge in [-0.3, -0.25) is 9.52 Å². The van der Waals surface area contributed by atoms with E-state index in [1.165, 1.54) is 31.5 Å². The molecule has 0 fully saturated rings. The molecule has 0 bridgehead atoms. The normalized spacial score (nSPS) is 11.2. The minimum atomic E-state index is -3.53. The van der Waals surface area contributed by atoms with Crippen LogP contribution in [0.25, 0.3) is 5.69 Å². The number of nitrogens with one attached hydrogen (secondary N) is 2. The fourth-order valence-electron chi connectivity index (χ4n) is 2.97. The SMILES string of the molecule is CCc1c(C(=O)Nc2ccc(OC)c(NS(C)(=O)=O)c2)cnn1-c1ccc(F)cc1. The monoisotopic (exact) mass is 432 g/mol. The number of methoxy groups -OCH3 is 1. The van der Waals surface area contributed by atoms with Crippen molar-refractivity contribution in [1.29, 1.82) is 0 Å². The van der Waals surface area contributed by atoms with Crippen molar-refractivity contribution in [1.82, 2.24) is 9.78 Å². The predicted molar refractivity (Wildman–Crippen MR) is 112 cm³/mol. The Hall–Kier alpha value is -3.40. The van der Waals surface area contributed by atoms with E-state index in [9.17, 15) is 17.6 Å². The largest absolute Gasteiger partial charge is 0.495 e. The number of sulfonamides is 1. The van der Waals surface area contributed by atoms with Gasteiger partial charge >= 0.3 is 0 Å². The Morgan fingerprint density at radius 1 is 1.20 bits per heavy atom. The number of carbonyl (C=O) groups is 1. The number of ether oxygens (including phenoxy) is 1. The zero-order valence-corrected chi connectivity index (χ0v) is 17.5. The third kappa shape index (κ3) is 4.77. The number of amides is 1. The van der Waals surface area contributed by atoms with Crippen molar-refractivity contribution in [2.45, 2.75) is 13.3 Å². The van der Waals surface area contributed by atoms with Gasteiger partial charge in [0.2, 0.25) is 10.0 Å². The first kappa shape index (κ1) is 21.3. The number of benzene rings is 2. The van der Waals surface area contributed by atoms with E-state index in [0.717, 1.165) is 6.26 Å². The standard InChI is InChI=1S/C20H21FN4O4S/c1-4-18-16(12-22-25(18)15-8-5-13(21)6-9-15)20(26)23-14-7-10-19(29-2)17(11-14)24-30(3,27)28/h5-12,24H,4H2,1-3H3,(H,23,26). The van der Waals surface area contributed by atoms with Gasteiger partial charge in [0.1, 0.15) is 11.6 Å². The molecule has 2 aromatic carbocycles. The minimum Gasteiger partial charge on any atom is -0.495 e. The van der Waals surface area contributed by atoms with Crippen molar-refractivity contribution < 1.29 is 22.3 Å². The Morgan fingerprint density at radius 2 is 1.90 bits per heavy atom. The zero-order chi connectivity index (χ0) is 21.9. The average Bonchev–Trinajstić information content (AvgIpc) is 3.12. The molecule has 0 saturated carbocycles. The van der Waals surface area contributed by atoms with E-state index in [1.807, 2.05) is 6.92 Å². The average molecular weight is 432 g/mol. The van der Waals surface area contributed by atoms with Crippen molar-refractivity contribution in [3.63, 3.8) is 0 Å². The van der Waals surface area contributed by atoms with Crippen molar-refractivity contribution in [3.8, 4) is 11.4 Å². The third-order valence-electron chi connectivity index (χ3n) is 4.27. The number of halogens is 1. The van der Waals surface area contributed by atoms with E-state index in [4.69, 9.17) is 4.74 Å². The van der Waals surface area contributed by atoms with E-state index in [2.05, 4.69) is 15.1 Å². The first-order valence-corrected chi connectivity index (χ1v) is 10.9. The molecule has 2 N–H and O–H groups in total. The Labute approximate surface area is 173 Å². The maximum Gasteiger partial charge on any atom is 0.259 e. The summed E-state index contributed by atoms with van der Waals surface area (Å²) in [5.74, 6) is -0.451. The summed E-state index contributed by atoms with van der Waals surface area (Å²) >= 11 is 0. The lowest BCUT2D eigenvalue weighted by atomic mass is 10.1. The lowest BCUT2D eigenvalue weighted by Crippen LogP contribution is -2.15. The molecule has 0 spiro atoms. The van der Waals surface area contributed by atoms with Crippen LogP contribution in [0.3, 0.4) is 0 Å². The van der Waals surface area contributed by atoms with Gasteiger partial charge < -0.3 is 10.1 Å². The number of carbonyl (C=O) groups excluding carboxylic acids is 1. The van der Waals surface area contributed by atoms with Crippen LogP contribution in [0, 0.1) is 5.82 Å². The maximum atomic E-state index is 13.2. The Morgan fingerprint density at radius 3 is 2.50 bits per heavy atom. The van der Waals surface area contributed by atoms with Gasteiger partial charge in [-0.15, -0.1) is 0 Å². The number of aromatic nitrogens is 2. The maximum absolute atomic E-state index is 13.2. The highest BCUT2D eigenvalue weighted by Gasteiger charge is 2.18. The molecule has 0 atom stereocenters. The van der Waals surface area contributed by atoms with E-state index in [0.29, 0.717) is 34.8 Å². The molecule has 3 rings (SSSR count). The van der Waals surface area contributed by atoms with Gasteiger partial charge in [0.25, 0.3) is 5.91 Å². The van der Waals surface area contributed by atoms with Crippen LogP contribution in [-0.4, -0.2) is 37.5 Å². The molecule has 0 aliphatic heterocycles. The summed E-state index contributed by atoms with van der Waals surface area (Å²) < 4.78 is 45.5. The van der Waals surface area contributed by atoms with Crippen LogP contribution in [0.4, 0.5) is 15.8 Å². The van der Waals surface area contributed by atoms with Crippen LogP contribution < -0.4 is 14.8 Å². The van der Waals surface area contributed by atoms with E-state index in [1.54, 1.807) is 28.9 Å². The predicted octanol–water partition coefficient (Wildman–Crippen LogP) is 3.21. The molecule has 1 aromatic heterocycles. The van der Waals surface area contributed by atoms with E-state index >= 15 is 0 Å². The smallest absolute Gasteiger partial charge is 0.259 e. The number of rotatable bonds is 7. The first-order chi connectivity index (χ1) is 14.2. The zero-order valence-electron chi connectivity index (χ0n) is 16.6. The summed E-state index contributed by atoms with van der Waals surface area (Å²) in [5, 5.41) is 7.01. The Balaban J connectivity index is 1.89. The molecular weight excluding hydrogens is 411 g/mol. The Bertz CT molecular complexity index is 1170. The fourth-order valence-corrected chi connectivity index (χ4v) is 3.53. The topological polar surface area (TPSA) is 102 Å². The van der Waals surface area contributed by atoms with Crippen LogP contribution in [0.1, 0.15) is 23.0 Å². The van der Waals surface area contributed by atoms with E-state index in [-0.39, 0.29) is 11.5 Å². The van der Waals surface area contributed by atoms with Gasteiger partial charge in [0.15, 0.2) is 0 Å². The third-order valence-corrected chi connectivity index (χ3v) is 4.86. The van der Waals surface area contributed by atoms with Gasteiger partial charge in [-0.2, -0.15) is 5.10 Å². The summed E-state index contributed by atoms with van der Waals surface area (Å²) in [4.78, 5) is 12.8. The van der Waals surface area contributed by atoms with Crippen LogP contribution in [0.15, 0.2) is 48.7 Å². The quantitative estimate of drug-likeness (QED) is 0.597. The van der Waals surface area contributed by atoms with E-state index < -0.39 is 15.9 Å². The first-order valence-electron chi connectivity index (χ1n) is 9.02. The second-order valence-corrected chi connectivity index (χ2v) is 8.24. The second-order valence-electron chi connectivity index (χ2n) is 6.49. The molecule has 158 valence electrons. The number of nitrogens with zero attached hydrogens (tertiary/aromatic N) is 2. The van der Waals surface area contributed by atoms with Crippen molar-refractivity contribution in [2.24, 2.45) is 0 Å². The molecule has 3 aromatic rings. The highest BCUT2D eigenvalue weighted by molar-refractivity contribution is 7.92. The van der Waals surface area contributed by atoms with Crippen LogP contribution in [-0.2, 0) is 16.4 Å². The summed E-state index contributed by atoms with van der Waals surface area (Å²) in [6.45, 7) is 1.88.